The van der Waals surface area contributed by atoms with Crippen LogP contribution in [0.4, 0.5) is 5.13 Å². The van der Waals surface area contributed by atoms with E-state index in [4.69, 9.17) is 0 Å². The molecular weight excluding hydrogens is 198 g/mol. The number of hydrogen-bond acceptors (Lipinski definition) is 4. The average Bonchev–Trinajstić information content (AvgIpc) is 2.75. The maximum absolute atomic E-state index is 11.6. The molecule has 0 aromatic carbocycles. The zero-order valence-corrected chi connectivity index (χ0v) is 8.86. The van der Waals surface area contributed by atoms with E-state index in [1.54, 1.807) is 0 Å². The molecule has 0 saturated carbocycles. The van der Waals surface area contributed by atoms with Crippen LogP contribution in [-0.4, -0.2) is 23.5 Å². The number of carbonyl (C=O) groups is 1. The average molecular weight is 211 g/mol. The predicted molar refractivity (Wildman–Crippen MR) is 56.5 cm³/mol. The van der Waals surface area contributed by atoms with Crippen LogP contribution in [0.3, 0.4) is 0 Å². The van der Waals surface area contributed by atoms with Gasteiger partial charge in [0.15, 0.2) is 5.13 Å². The molecule has 1 saturated heterocycles. The molecule has 4 nitrogen and oxygen atoms in total. The third-order valence-corrected chi connectivity index (χ3v) is 3.10. The molecule has 1 aliphatic rings. The van der Waals surface area contributed by atoms with Gasteiger partial charge in [-0.15, -0.1) is 11.3 Å². The number of nitrogens with zero attached hydrogens (tertiary/aromatic N) is 1. The van der Waals surface area contributed by atoms with Crippen molar-refractivity contribution < 1.29 is 4.79 Å². The highest BCUT2D eigenvalue weighted by Gasteiger charge is 2.22. The Morgan fingerprint density at radius 1 is 1.79 bits per heavy atom. The second-order valence-electron chi connectivity index (χ2n) is 3.43. The Morgan fingerprint density at radius 2 is 2.64 bits per heavy atom. The molecule has 0 unspecified atom stereocenters. The van der Waals surface area contributed by atoms with Crippen LogP contribution in [0.5, 0.6) is 0 Å². The summed E-state index contributed by atoms with van der Waals surface area (Å²) < 4.78 is 0. The lowest BCUT2D eigenvalue weighted by Gasteiger charge is -2.08. The zero-order chi connectivity index (χ0) is 9.97. The first-order valence-electron chi connectivity index (χ1n) is 4.72. The van der Waals surface area contributed by atoms with Crippen molar-refractivity contribution in [1.82, 2.24) is 10.3 Å². The fourth-order valence-corrected chi connectivity index (χ4v) is 2.20. The third kappa shape index (κ3) is 2.10. The molecule has 14 heavy (non-hydrogen) atoms. The molecule has 1 aromatic rings. The molecule has 2 rings (SSSR count). The highest BCUT2D eigenvalue weighted by molar-refractivity contribution is 7.13. The van der Waals surface area contributed by atoms with Gasteiger partial charge >= 0.3 is 0 Å². The number of hydrogen-bond donors (Lipinski definition) is 2. The number of aromatic nitrogens is 1. The van der Waals surface area contributed by atoms with Gasteiger partial charge < -0.3 is 10.6 Å². The fraction of sp³-hybridized carbons (Fsp3) is 0.556. The molecule has 1 aliphatic heterocycles. The molecule has 0 radical (unpaired) electrons. The van der Waals surface area contributed by atoms with E-state index < -0.39 is 0 Å². The van der Waals surface area contributed by atoms with Crippen molar-refractivity contribution in [1.29, 1.82) is 0 Å². The molecule has 2 N–H and O–H groups in total. The molecule has 76 valence electrons. The Hall–Kier alpha value is -0.940. The van der Waals surface area contributed by atoms with Gasteiger partial charge in [0.1, 0.15) is 0 Å². The van der Waals surface area contributed by atoms with Gasteiger partial charge in [-0.25, -0.2) is 4.98 Å². The van der Waals surface area contributed by atoms with Crippen molar-refractivity contribution in [3.8, 4) is 0 Å². The molecular formula is C9H13N3OS. The van der Waals surface area contributed by atoms with Crippen molar-refractivity contribution in [3.05, 3.63) is 11.1 Å². The summed E-state index contributed by atoms with van der Waals surface area (Å²) in [5.74, 6) is 0.0388. The van der Waals surface area contributed by atoms with E-state index in [0.29, 0.717) is 5.13 Å². The summed E-state index contributed by atoms with van der Waals surface area (Å²) in [7, 11) is 0. The van der Waals surface area contributed by atoms with E-state index in [9.17, 15) is 4.79 Å². The smallest absolute Gasteiger partial charge is 0.243 e. The molecule has 0 bridgehead atoms. The number of anilines is 1. The number of rotatable bonds is 2. The van der Waals surface area contributed by atoms with Gasteiger partial charge in [-0.3, -0.25) is 4.79 Å². The van der Waals surface area contributed by atoms with Crippen LogP contribution in [0.2, 0.25) is 0 Å². The SMILES string of the molecule is Cc1csc(NC(=O)[C@H]2CCCN2)n1. The van der Waals surface area contributed by atoms with Crippen molar-refractivity contribution in [2.24, 2.45) is 0 Å². The van der Waals surface area contributed by atoms with E-state index in [2.05, 4.69) is 15.6 Å². The van der Waals surface area contributed by atoms with Crippen LogP contribution >= 0.6 is 11.3 Å². The van der Waals surface area contributed by atoms with E-state index in [-0.39, 0.29) is 11.9 Å². The summed E-state index contributed by atoms with van der Waals surface area (Å²) in [5.41, 5.74) is 0.949. The van der Waals surface area contributed by atoms with Crippen molar-refractivity contribution in [3.63, 3.8) is 0 Å². The molecule has 0 spiro atoms. The second kappa shape index (κ2) is 4.06. The summed E-state index contributed by atoms with van der Waals surface area (Å²) in [6.07, 6.45) is 2.01. The van der Waals surface area contributed by atoms with Gasteiger partial charge in [0.05, 0.1) is 11.7 Å². The molecule has 2 heterocycles. The van der Waals surface area contributed by atoms with Gasteiger partial charge in [0.25, 0.3) is 0 Å². The van der Waals surface area contributed by atoms with Crippen LogP contribution in [0, 0.1) is 6.92 Å². The van der Waals surface area contributed by atoms with Gasteiger partial charge in [0.2, 0.25) is 5.91 Å². The largest absolute Gasteiger partial charge is 0.306 e. The van der Waals surface area contributed by atoms with Crippen LogP contribution in [0.25, 0.3) is 0 Å². The number of amides is 1. The second-order valence-corrected chi connectivity index (χ2v) is 4.29. The summed E-state index contributed by atoms with van der Waals surface area (Å²) in [6, 6.07) is -0.0285. The summed E-state index contributed by atoms with van der Waals surface area (Å²) in [4.78, 5) is 15.8. The lowest BCUT2D eigenvalue weighted by atomic mass is 10.2. The highest BCUT2D eigenvalue weighted by Crippen LogP contribution is 2.15. The van der Waals surface area contributed by atoms with Gasteiger partial charge in [0, 0.05) is 5.38 Å². The standard InChI is InChI=1S/C9H13N3OS/c1-6-5-14-9(11-6)12-8(13)7-3-2-4-10-7/h5,7,10H,2-4H2,1H3,(H,11,12,13)/t7-/m1/s1. The maximum Gasteiger partial charge on any atom is 0.243 e. The first-order chi connectivity index (χ1) is 6.75. The minimum absolute atomic E-state index is 0.0285. The first-order valence-corrected chi connectivity index (χ1v) is 5.60. The summed E-state index contributed by atoms with van der Waals surface area (Å²) >= 11 is 1.47. The summed E-state index contributed by atoms with van der Waals surface area (Å²) in [5, 5.41) is 8.58. The van der Waals surface area contributed by atoms with Crippen molar-refractivity contribution in [2.75, 3.05) is 11.9 Å². The number of nitrogens with one attached hydrogen (secondary N) is 2. The van der Waals surface area contributed by atoms with Crippen LogP contribution < -0.4 is 10.6 Å². The predicted octanol–water partition coefficient (Wildman–Crippen LogP) is 1.14. The number of thiazole rings is 1. The normalized spacial score (nSPS) is 21.1. The minimum atomic E-state index is -0.0285. The molecule has 1 aromatic heterocycles. The Bertz CT molecular complexity index is 331. The Labute approximate surface area is 86.7 Å². The van der Waals surface area contributed by atoms with E-state index >= 15 is 0 Å². The minimum Gasteiger partial charge on any atom is -0.306 e. The number of carbonyl (C=O) groups excluding carboxylic acids is 1. The highest BCUT2D eigenvalue weighted by atomic mass is 32.1. The topological polar surface area (TPSA) is 54.0 Å². The van der Waals surface area contributed by atoms with Crippen LogP contribution in [0.15, 0.2) is 5.38 Å². The molecule has 1 amide bonds. The Balaban J connectivity index is 1.93. The van der Waals surface area contributed by atoms with E-state index in [0.717, 1.165) is 25.1 Å². The Morgan fingerprint density at radius 3 is 3.21 bits per heavy atom. The van der Waals surface area contributed by atoms with E-state index in [1.807, 2.05) is 12.3 Å². The quantitative estimate of drug-likeness (QED) is 0.771. The van der Waals surface area contributed by atoms with Crippen LogP contribution in [0.1, 0.15) is 18.5 Å². The summed E-state index contributed by atoms with van der Waals surface area (Å²) in [6.45, 7) is 2.86. The molecule has 5 heteroatoms. The number of aryl methyl sites for hydroxylation is 1. The van der Waals surface area contributed by atoms with Gasteiger partial charge in [-0.2, -0.15) is 0 Å². The van der Waals surface area contributed by atoms with Crippen molar-refractivity contribution >= 4 is 22.4 Å². The van der Waals surface area contributed by atoms with Crippen LogP contribution in [-0.2, 0) is 4.79 Å². The third-order valence-electron chi connectivity index (χ3n) is 2.23. The maximum atomic E-state index is 11.6. The van der Waals surface area contributed by atoms with Crippen molar-refractivity contribution in [2.45, 2.75) is 25.8 Å². The Kier molecular flexibility index (Phi) is 2.79. The lowest BCUT2D eigenvalue weighted by molar-refractivity contribution is -0.117. The molecule has 1 fully saturated rings. The van der Waals surface area contributed by atoms with Gasteiger partial charge in [-0.1, -0.05) is 0 Å². The lowest BCUT2D eigenvalue weighted by Crippen LogP contribution is -2.35. The monoisotopic (exact) mass is 211 g/mol. The van der Waals surface area contributed by atoms with E-state index in [1.165, 1.54) is 11.3 Å². The molecule has 0 aliphatic carbocycles. The zero-order valence-electron chi connectivity index (χ0n) is 8.04. The fourth-order valence-electron chi connectivity index (χ4n) is 1.51. The molecule has 1 atom stereocenters. The van der Waals surface area contributed by atoms with Gasteiger partial charge in [-0.05, 0) is 26.3 Å². The first kappa shape index (κ1) is 9.61.